The van der Waals surface area contributed by atoms with Crippen LogP contribution in [-0.2, 0) is 17.6 Å². The second-order valence-electron chi connectivity index (χ2n) is 17.4. The minimum Gasteiger partial charge on any atom is -0.474 e. The Morgan fingerprint density at radius 2 is 1.31 bits per heavy atom. The Morgan fingerprint density at radius 1 is 0.745 bits per heavy atom. The molecule has 12 rings (SSSR count). The number of nitrogens with zero attached hydrogens (tertiary/aromatic N) is 7. The summed E-state index contributed by atoms with van der Waals surface area (Å²) in [5.41, 5.74) is 11.3. The third-order valence-electron chi connectivity index (χ3n) is 14.5. The van der Waals surface area contributed by atoms with Crippen molar-refractivity contribution in [2.75, 3.05) is 39.3 Å². The van der Waals surface area contributed by atoms with Crippen LogP contribution in [0.3, 0.4) is 0 Å². The van der Waals surface area contributed by atoms with Gasteiger partial charge < -0.3 is 18.4 Å². The molecule has 2 saturated heterocycles. The Morgan fingerprint density at radius 3 is 1.84 bits per heavy atom. The van der Waals surface area contributed by atoms with Crippen molar-refractivity contribution in [3.8, 4) is 0 Å². The van der Waals surface area contributed by atoms with E-state index >= 15 is 0 Å². The van der Waals surface area contributed by atoms with Gasteiger partial charge >= 0.3 is 0 Å². The number of para-hydroxylation sites is 2. The third kappa shape index (κ3) is 4.75. The van der Waals surface area contributed by atoms with E-state index in [1.54, 1.807) is 5.56 Å². The first-order chi connectivity index (χ1) is 26.9. The summed E-state index contributed by atoms with van der Waals surface area (Å²) in [6.07, 6.45) is 14.6. The second-order valence-corrected chi connectivity index (χ2v) is 17.4. The van der Waals surface area contributed by atoms with Gasteiger partial charge in [-0.15, -0.1) is 0 Å². The van der Waals surface area contributed by atoms with Gasteiger partial charge in [0.1, 0.15) is 18.0 Å². The SMILES string of the molecule is CC[C@@]12C=C(C3=NCCO3)n3c4c(c5ccccc53)CCN(CCC1)[C@H]42.CC[C@@]12C=C(c3nc(C(C)C)no3)n3c4c(c5ccccc53)CCN(CCC1)[C@H]42. The Labute approximate surface area is 323 Å². The van der Waals surface area contributed by atoms with Crippen molar-refractivity contribution in [2.24, 2.45) is 15.8 Å². The molecule has 0 radical (unpaired) electrons. The Bertz CT molecular complexity index is 2440. The molecule has 0 amide bonds. The molecule has 0 bridgehead atoms. The molecule has 7 aliphatic rings. The summed E-state index contributed by atoms with van der Waals surface area (Å²) in [5, 5.41) is 7.09. The van der Waals surface area contributed by atoms with Crippen LogP contribution in [0.1, 0.15) is 118 Å². The lowest BCUT2D eigenvalue weighted by Gasteiger charge is -2.53. The molecule has 5 aromatic rings. The van der Waals surface area contributed by atoms with E-state index in [4.69, 9.17) is 19.2 Å². The molecular formula is C46H53N7O2. The molecule has 9 nitrogen and oxygen atoms in total. The smallest absolute Gasteiger partial charge is 0.274 e. The Kier molecular flexibility index (Phi) is 7.70. The maximum absolute atomic E-state index is 5.97. The summed E-state index contributed by atoms with van der Waals surface area (Å²) < 4.78 is 16.7. The first-order valence-corrected chi connectivity index (χ1v) is 21.2. The first-order valence-electron chi connectivity index (χ1n) is 21.2. The van der Waals surface area contributed by atoms with Gasteiger partial charge in [-0.05, 0) is 99.9 Å². The van der Waals surface area contributed by atoms with Gasteiger partial charge in [-0.3, -0.25) is 9.80 Å². The molecular weight excluding hydrogens is 683 g/mol. The van der Waals surface area contributed by atoms with Crippen LogP contribution in [0.25, 0.3) is 33.2 Å². The molecule has 4 atom stereocenters. The first kappa shape index (κ1) is 33.8. The number of rotatable bonds is 5. The molecule has 7 aliphatic heterocycles. The largest absolute Gasteiger partial charge is 0.474 e. The maximum atomic E-state index is 5.97. The van der Waals surface area contributed by atoms with Gasteiger partial charge in [-0.1, -0.05) is 69.2 Å². The predicted molar refractivity (Wildman–Crippen MR) is 218 cm³/mol. The molecule has 284 valence electrons. The van der Waals surface area contributed by atoms with Gasteiger partial charge in [0.05, 0.1) is 29.7 Å². The molecule has 55 heavy (non-hydrogen) atoms. The zero-order valence-corrected chi connectivity index (χ0v) is 32.9. The highest BCUT2D eigenvalue weighted by molar-refractivity contribution is 6.17. The van der Waals surface area contributed by atoms with Gasteiger partial charge in [-0.2, -0.15) is 4.98 Å². The average Bonchev–Trinajstić information content (AvgIpc) is 4.05. The minimum atomic E-state index is 0.138. The monoisotopic (exact) mass is 735 g/mol. The number of benzene rings is 2. The average molecular weight is 736 g/mol. The van der Waals surface area contributed by atoms with Crippen molar-refractivity contribution in [1.82, 2.24) is 29.1 Å². The summed E-state index contributed by atoms with van der Waals surface area (Å²) in [6.45, 7) is 15.2. The molecule has 0 unspecified atom stereocenters. The molecule has 9 heteroatoms. The summed E-state index contributed by atoms with van der Waals surface area (Å²) in [4.78, 5) is 15.0. The third-order valence-corrected chi connectivity index (χ3v) is 14.5. The summed E-state index contributed by atoms with van der Waals surface area (Å²) in [5.74, 6) is 2.54. The van der Waals surface area contributed by atoms with Crippen molar-refractivity contribution in [2.45, 2.75) is 97.1 Å². The van der Waals surface area contributed by atoms with Crippen LogP contribution in [0.4, 0.5) is 0 Å². The van der Waals surface area contributed by atoms with E-state index in [0.717, 1.165) is 49.8 Å². The highest BCUT2D eigenvalue weighted by Gasteiger charge is 2.52. The van der Waals surface area contributed by atoms with E-state index in [2.05, 4.69) is 112 Å². The number of aliphatic imine (C=N–C) groups is 1. The summed E-state index contributed by atoms with van der Waals surface area (Å²) >= 11 is 0. The van der Waals surface area contributed by atoms with Gasteiger partial charge in [0, 0.05) is 52.0 Å². The number of aromatic nitrogens is 4. The van der Waals surface area contributed by atoms with Crippen LogP contribution in [0.15, 0.2) is 70.2 Å². The Hall–Kier alpha value is -4.47. The fraction of sp³-hybridized carbons (Fsp3) is 0.500. The van der Waals surface area contributed by atoms with Crippen molar-refractivity contribution in [3.05, 3.63) is 94.9 Å². The predicted octanol–water partition coefficient (Wildman–Crippen LogP) is 9.15. The van der Waals surface area contributed by atoms with Gasteiger partial charge in [-0.25, -0.2) is 4.99 Å². The molecule has 10 heterocycles. The fourth-order valence-electron chi connectivity index (χ4n) is 11.9. The van der Waals surface area contributed by atoms with Crippen LogP contribution in [0.5, 0.6) is 0 Å². The van der Waals surface area contributed by atoms with E-state index < -0.39 is 0 Å². The van der Waals surface area contributed by atoms with E-state index in [0.29, 0.717) is 24.6 Å². The quantitative estimate of drug-likeness (QED) is 0.179. The van der Waals surface area contributed by atoms with Crippen molar-refractivity contribution < 1.29 is 9.26 Å². The number of hydrogen-bond acceptors (Lipinski definition) is 7. The molecule has 0 aliphatic carbocycles. The highest BCUT2D eigenvalue weighted by atomic mass is 16.5. The van der Waals surface area contributed by atoms with E-state index in [1.165, 1.54) is 96.2 Å². The molecule has 0 spiro atoms. The minimum absolute atomic E-state index is 0.138. The van der Waals surface area contributed by atoms with Crippen LogP contribution >= 0.6 is 0 Å². The lowest BCUT2D eigenvalue weighted by atomic mass is 9.66. The topological polar surface area (TPSA) is 76.9 Å². The number of fused-ring (bicyclic) bond motifs is 6. The Balaban J connectivity index is 0.000000129. The van der Waals surface area contributed by atoms with Gasteiger partial charge in [0.15, 0.2) is 5.82 Å². The van der Waals surface area contributed by atoms with E-state index in [9.17, 15) is 0 Å². The summed E-state index contributed by atoms with van der Waals surface area (Å²) in [6, 6.07) is 18.7. The van der Waals surface area contributed by atoms with Gasteiger partial charge in [0.2, 0.25) is 5.90 Å². The van der Waals surface area contributed by atoms with Crippen LogP contribution in [-0.4, -0.2) is 74.3 Å². The lowest BCUT2D eigenvalue weighted by molar-refractivity contribution is 0.0269. The molecule has 0 N–H and O–H groups in total. The highest BCUT2D eigenvalue weighted by Crippen LogP contribution is 2.59. The zero-order chi connectivity index (χ0) is 37.1. The van der Waals surface area contributed by atoms with Crippen molar-refractivity contribution in [1.29, 1.82) is 0 Å². The van der Waals surface area contributed by atoms with Crippen LogP contribution < -0.4 is 0 Å². The second kappa shape index (κ2) is 12.5. The van der Waals surface area contributed by atoms with E-state index in [-0.39, 0.29) is 16.7 Å². The van der Waals surface area contributed by atoms with Gasteiger partial charge in [0.25, 0.3) is 5.89 Å². The maximum Gasteiger partial charge on any atom is 0.274 e. The number of ether oxygens (including phenoxy) is 1. The fourth-order valence-corrected chi connectivity index (χ4v) is 11.9. The number of hydrogen-bond donors (Lipinski definition) is 0. The lowest BCUT2D eigenvalue weighted by Crippen LogP contribution is -2.51. The summed E-state index contributed by atoms with van der Waals surface area (Å²) in [7, 11) is 0. The van der Waals surface area contributed by atoms with Crippen molar-refractivity contribution in [3.63, 3.8) is 0 Å². The molecule has 2 fully saturated rings. The van der Waals surface area contributed by atoms with Crippen molar-refractivity contribution >= 4 is 39.1 Å². The van der Waals surface area contributed by atoms with Crippen LogP contribution in [0, 0.1) is 10.8 Å². The number of piperidine rings is 2. The van der Waals surface area contributed by atoms with E-state index in [1.807, 2.05) is 0 Å². The molecule has 0 saturated carbocycles. The normalized spacial score (nSPS) is 27.9. The molecule has 3 aromatic heterocycles. The standard InChI is InChI=1S/C24H28N4O.C22H25N3O/c1-4-24-11-7-12-27-13-10-17-16-8-5-6-9-18(16)28(20(17)21(24)27)19(14-24)23-25-22(15(2)3)26-29-23;1-2-22-9-5-11-24-12-8-16-15-6-3-4-7-17(15)25(19(16)20(22)24)18(14-22)21-23-10-13-26-21/h5-6,8-9,14-15,21H,4,7,10-13H2,1-3H3;3-4,6-7,14,20H,2,5,8-13H2,1H3/t21-,24+;20-,22+/m11/s1. The van der Waals surface area contributed by atoms with Crippen LogP contribution in [0.2, 0.25) is 0 Å². The molecule has 2 aromatic carbocycles. The zero-order valence-electron chi connectivity index (χ0n) is 32.9.